The highest BCUT2D eigenvalue weighted by Gasteiger charge is 2.09. The highest BCUT2D eigenvalue weighted by Crippen LogP contribution is 2.15. The zero-order valence-corrected chi connectivity index (χ0v) is 9.29. The smallest absolute Gasteiger partial charge is 0.337 e. The molecule has 0 unspecified atom stereocenters. The van der Waals surface area contributed by atoms with E-state index in [-0.39, 0.29) is 12.0 Å². The first-order valence-corrected chi connectivity index (χ1v) is 5.10. The summed E-state index contributed by atoms with van der Waals surface area (Å²) < 4.78 is 6.59. The molecular weight excluding hydrogens is 218 g/mol. The molecule has 0 spiro atoms. The summed E-state index contributed by atoms with van der Waals surface area (Å²) in [6, 6.07) is 9.23. The molecule has 1 aromatic heterocycles. The molecule has 17 heavy (non-hydrogen) atoms. The normalized spacial score (nSPS) is 9.88. The summed E-state index contributed by atoms with van der Waals surface area (Å²) in [5.74, 6) is 0.225. The maximum atomic E-state index is 8.82. The first kappa shape index (κ1) is 11.0. The number of nitrogens with zero attached hydrogens (tertiary/aromatic N) is 4. The minimum absolute atomic E-state index is 0.225. The van der Waals surface area contributed by atoms with Crippen LogP contribution >= 0.6 is 0 Å². The van der Waals surface area contributed by atoms with Crippen LogP contribution < -0.4 is 10.5 Å². The van der Waals surface area contributed by atoms with Gasteiger partial charge in [-0.15, -0.1) is 5.10 Å². The van der Waals surface area contributed by atoms with Crippen molar-refractivity contribution in [3.05, 3.63) is 29.8 Å². The Morgan fingerprint density at radius 1 is 1.53 bits per heavy atom. The molecule has 0 fully saturated rings. The van der Waals surface area contributed by atoms with Crippen LogP contribution in [-0.4, -0.2) is 21.4 Å². The Hall–Kier alpha value is -2.55. The molecule has 0 atom stereocenters. The van der Waals surface area contributed by atoms with E-state index in [9.17, 15) is 0 Å². The van der Waals surface area contributed by atoms with Crippen molar-refractivity contribution in [1.29, 1.82) is 5.26 Å². The quantitative estimate of drug-likeness (QED) is 0.851. The van der Waals surface area contributed by atoms with Crippen molar-refractivity contribution in [2.45, 2.75) is 6.92 Å². The fourth-order valence-electron chi connectivity index (χ4n) is 1.39. The van der Waals surface area contributed by atoms with Crippen LogP contribution in [0.25, 0.3) is 5.69 Å². The van der Waals surface area contributed by atoms with Gasteiger partial charge in [0.05, 0.1) is 23.9 Å². The molecule has 0 aliphatic rings. The SMILES string of the molecule is CCOc1nc(N)n(-c2cccc(C#N)c2)n1. The molecule has 0 amide bonds. The Balaban J connectivity index is 2.42. The summed E-state index contributed by atoms with van der Waals surface area (Å²) in [5, 5.41) is 12.9. The number of aromatic nitrogens is 3. The van der Waals surface area contributed by atoms with Crippen molar-refractivity contribution >= 4 is 5.95 Å². The molecule has 0 radical (unpaired) electrons. The summed E-state index contributed by atoms with van der Waals surface area (Å²) in [4.78, 5) is 3.96. The van der Waals surface area contributed by atoms with Crippen molar-refractivity contribution in [3.63, 3.8) is 0 Å². The van der Waals surface area contributed by atoms with E-state index in [2.05, 4.69) is 16.2 Å². The Bertz CT molecular complexity index is 569. The van der Waals surface area contributed by atoms with Gasteiger partial charge < -0.3 is 10.5 Å². The van der Waals surface area contributed by atoms with E-state index >= 15 is 0 Å². The van der Waals surface area contributed by atoms with Gasteiger partial charge in [0.15, 0.2) is 0 Å². The fourth-order valence-corrected chi connectivity index (χ4v) is 1.39. The van der Waals surface area contributed by atoms with Crippen LogP contribution in [0.1, 0.15) is 12.5 Å². The maximum Gasteiger partial charge on any atom is 0.337 e. The number of hydrogen-bond donors (Lipinski definition) is 1. The Morgan fingerprint density at radius 2 is 2.35 bits per heavy atom. The monoisotopic (exact) mass is 229 g/mol. The zero-order valence-electron chi connectivity index (χ0n) is 9.29. The van der Waals surface area contributed by atoms with E-state index < -0.39 is 0 Å². The van der Waals surface area contributed by atoms with Gasteiger partial charge >= 0.3 is 6.01 Å². The van der Waals surface area contributed by atoms with Crippen molar-refractivity contribution in [2.24, 2.45) is 0 Å². The molecule has 0 saturated carbocycles. The van der Waals surface area contributed by atoms with Gasteiger partial charge in [-0.05, 0) is 25.1 Å². The first-order valence-electron chi connectivity index (χ1n) is 5.10. The van der Waals surface area contributed by atoms with Gasteiger partial charge in [-0.2, -0.15) is 14.9 Å². The van der Waals surface area contributed by atoms with Crippen LogP contribution in [0.4, 0.5) is 5.95 Å². The van der Waals surface area contributed by atoms with Crippen LogP contribution in [0.5, 0.6) is 6.01 Å². The van der Waals surface area contributed by atoms with Gasteiger partial charge in [-0.3, -0.25) is 0 Å². The minimum Gasteiger partial charge on any atom is -0.463 e. The lowest BCUT2D eigenvalue weighted by molar-refractivity contribution is 0.312. The van der Waals surface area contributed by atoms with E-state index in [1.165, 1.54) is 4.68 Å². The highest BCUT2D eigenvalue weighted by molar-refractivity contribution is 5.44. The van der Waals surface area contributed by atoms with Crippen molar-refractivity contribution in [3.8, 4) is 17.8 Å². The van der Waals surface area contributed by atoms with Crippen molar-refractivity contribution < 1.29 is 4.74 Å². The van der Waals surface area contributed by atoms with Crippen molar-refractivity contribution in [2.75, 3.05) is 12.3 Å². The molecule has 2 aromatic rings. The molecule has 2 N–H and O–H groups in total. The summed E-state index contributed by atoms with van der Waals surface area (Å²) in [7, 11) is 0. The van der Waals surface area contributed by atoms with Gasteiger partial charge in [0.2, 0.25) is 5.95 Å². The van der Waals surface area contributed by atoms with Gasteiger partial charge in [0.1, 0.15) is 0 Å². The number of nitriles is 1. The van der Waals surface area contributed by atoms with E-state index in [1.54, 1.807) is 24.3 Å². The van der Waals surface area contributed by atoms with Crippen LogP contribution in [0.15, 0.2) is 24.3 Å². The lowest BCUT2D eigenvalue weighted by atomic mass is 10.2. The largest absolute Gasteiger partial charge is 0.463 e. The fraction of sp³-hybridized carbons (Fsp3) is 0.182. The lowest BCUT2D eigenvalue weighted by Gasteiger charge is -2.01. The maximum absolute atomic E-state index is 8.82. The van der Waals surface area contributed by atoms with Gasteiger partial charge in [-0.25, -0.2) is 0 Å². The third-order valence-electron chi connectivity index (χ3n) is 2.11. The molecule has 86 valence electrons. The number of hydrogen-bond acceptors (Lipinski definition) is 5. The summed E-state index contributed by atoms with van der Waals surface area (Å²) >= 11 is 0. The number of nitrogen functional groups attached to an aromatic ring is 1. The Morgan fingerprint density at radius 3 is 3.06 bits per heavy atom. The highest BCUT2D eigenvalue weighted by atomic mass is 16.5. The second-order valence-electron chi connectivity index (χ2n) is 3.26. The van der Waals surface area contributed by atoms with Crippen LogP contribution in [0.2, 0.25) is 0 Å². The predicted octanol–water partition coefficient (Wildman–Crippen LogP) is 1.12. The predicted molar refractivity (Wildman–Crippen MR) is 61.7 cm³/mol. The molecule has 0 aliphatic carbocycles. The number of rotatable bonds is 3. The molecule has 6 heteroatoms. The van der Waals surface area contributed by atoms with E-state index in [4.69, 9.17) is 15.7 Å². The van der Waals surface area contributed by atoms with Crippen LogP contribution in [0.3, 0.4) is 0 Å². The molecule has 1 aromatic carbocycles. The Kier molecular flexibility index (Phi) is 2.92. The van der Waals surface area contributed by atoms with E-state index in [1.807, 2.05) is 6.92 Å². The molecular formula is C11H11N5O. The molecule has 0 saturated heterocycles. The average molecular weight is 229 g/mol. The molecule has 1 heterocycles. The Labute approximate surface area is 98.3 Å². The summed E-state index contributed by atoms with van der Waals surface area (Å²) in [6.45, 7) is 2.31. The number of nitrogens with two attached hydrogens (primary N) is 1. The van der Waals surface area contributed by atoms with Gasteiger partial charge in [0.25, 0.3) is 0 Å². The number of benzene rings is 1. The third kappa shape index (κ3) is 2.18. The second-order valence-corrected chi connectivity index (χ2v) is 3.26. The molecule has 0 aliphatic heterocycles. The standard InChI is InChI=1S/C11H11N5O/c1-2-17-11-14-10(13)16(15-11)9-5-3-4-8(6-9)7-12/h3-6H,2H2,1H3,(H2,13,14,15). The van der Waals surface area contributed by atoms with Gasteiger partial charge in [0, 0.05) is 0 Å². The van der Waals surface area contributed by atoms with Crippen LogP contribution in [0, 0.1) is 11.3 Å². The second kappa shape index (κ2) is 4.53. The van der Waals surface area contributed by atoms with Gasteiger partial charge in [-0.1, -0.05) is 6.07 Å². The van der Waals surface area contributed by atoms with Crippen molar-refractivity contribution in [1.82, 2.24) is 14.8 Å². The topological polar surface area (TPSA) is 89.8 Å². The summed E-state index contributed by atoms with van der Waals surface area (Å²) in [5.41, 5.74) is 6.94. The van der Waals surface area contributed by atoms with E-state index in [0.717, 1.165) is 0 Å². The number of anilines is 1. The zero-order chi connectivity index (χ0) is 12.3. The van der Waals surface area contributed by atoms with Crippen LogP contribution in [-0.2, 0) is 0 Å². The minimum atomic E-state index is 0.225. The number of ether oxygens (including phenoxy) is 1. The van der Waals surface area contributed by atoms with E-state index in [0.29, 0.717) is 17.9 Å². The summed E-state index contributed by atoms with van der Waals surface area (Å²) in [6.07, 6.45) is 0. The first-order chi connectivity index (χ1) is 8.24. The third-order valence-corrected chi connectivity index (χ3v) is 2.11. The molecule has 6 nitrogen and oxygen atoms in total. The molecule has 0 bridgehead atoms. The molecule has 2 rings (SSSR count). The lowest BCUT2D eigenvalue weighted by Crippen LogP contribution is -2.02. The average Bonchev–Trinajstić information content (AvgIpc) is 2.71.